The first-order valence-corrected chi connectivity index (χ1v) is 21.1. The maximum absolute atomic E-state index is 13.1. The minimum Gasteiger partial charge on any atom is -0.490 e. The van der Waals surface area contributed by atoms with Crippen LogP contribution in [-0.2, 0) is 25.8 Å². The molecule has 1 fully saturated rings. The number of halogens is 1. The Morgan fingerprint density at radius 3 is 2.30 bits per heavy atom. The average Bonchev–Trinajstić information content (AvgIpc) is 3.31. The Hall–Kier alpha value is -4.17. The number of fused-ring (bicyclic) bond motifs is 3. The van der Waals surface area contributed by atoms with Crippen molar-refractivity contribution in [2.75, 3.05) is 31.7 Å². The van der Waals surface area contributed by atoms with Gasteiger partial charge in [0.1, 0.15) is 5.75 Å². The van der Waals surface area contributed by atoms with Gasteiger partial charge < -0.3 is 18.8 Å². The van der Waals surface area contributed by atoms with Crippen LogP contribution in [-0.4, -0.2) is 53.0 Å². The Balaban J connectivity index is 1.26. The zero-order valence-electron chi connectivity index (χ0n) is 31.3. The summed E-state index contributed by atoms with van der Waals surface area (Å²) < 4.78 is 19.1. The molecule has 0 bridgehead atoms. The lowest BCUT2D eigenvalue weighted by Gasteiger charge is -2.50. The number of ether oxygens (including phenoxy) is 2. The van der Waals surface area contributed by atoms with Gasteiger partial charge in [0.2, 0.25) is 0 Å². The van der Waals surface area contributed by atoms with Gasteiger partial charge in [0, 0.05) is 29.1 Å². The Kier molecular flexibility index (Phi) is 10.5. The number of hydrogen-bond acceptors (Lipinski definition) is 6. The molecule has 0 saturated heterocycles. The summed E-state index contributed by atoms with van der Waals surface area (Å²) in [5.41, 5.74) is 3.39. The fourth-order valence-corrected chi connectivity index (χ4v) is 14.1. The van der Waals surface area contributed by atoms with Crippen molar-refractivity contribution in [3.05, 3.63) is 131 Å². The van der Waals surface area contributed by atoms with Crippen molar-refractivity contribution in [3.63, 3.8) is 0 Å². The number of rotatable bonds is 10. The maximum Gasteiger partial charge on any atom is 0.379 e. The van der Waals surface area contributed by atoms with E-state index in [2.05, 4.69) is 105 Å². The molecule has 4 aromatic carbocycles. The number of carbonyl (C=O) groups excluding carboxylic acids is 2. The van der Waals surface area contributed by atoms with E-state index in [0.29, 0.717) is 30.4 Å². The van der Waals surface area contributed by atoms with E-state index < -0.39 is 20.1 Å². The standard InChI is InChI=1S/C45H50ClNO5Si/c1-6-40(52-53(44(2,3)4,35-15-9-7-10-16-35)36-17-11-8-12-18-36)37-22-19-33(37)28-47-29-45(25-13-14-31-26-34(46)21-23-38(31)45)30-51-41-24-20-32(27-39(41)47)42(48)43(49)50-5/h6-12,15-18,20-21,23-24,26-27,33,37,40H,1,13-14,19,22,25,28-30H2,2-5H3/t33-,37+,40-,45-/m0/s1. The SMILES string of the molecule is C=C[C@H](O[Si](c1ccccc1)(c1ccccc1)C(C)(C)C)[C@@H]1CC[C@H]1CN1C[C@@]2(CCCc3cc(Cl)ccc32)COc2ccc(C(=O)C(=O)OC)cc21. The van der Waals surface area contributed by atoms with Gasteiger partial charge in [0.05, 0.1) is 25.5 Å². The third-order valence-corrected chi connectivity index (χ3v) is 17.3. The van der Waals surface area contributed by atoms with Crippen LogP contribution in [0.1, 0.15) is 67.9 Å². The molecule has 53 heavy (non-hydrogen) atoms. The predicted molar refractivity (Wildman–Crippen MR) is 215 cm³/mol. The summed E-state index contributed by atoms with van der Waals surface area (Å²) in [5, 5.41) is 3.08. The van der Waals surface area contributed by atoms with E-state index in [4.69, 9.17) is 25.5 Å². The molecule has 0 unspecified atom stereocenters. The van der Waals surface area contributed by atoms with Gasteiger partial charge in [-0.1, -0.05) is 105 Å². The zero-order valence-corrected chi connectivity index (χ0v) is 33.0. The molecular weight excluding hydrogens is 698 g/mol. The minimum atomic E-state index is -2.83. The molecule has 4 aromatic rings. The smallest absolute Gasteiger partial charge is 0.379 e. The van der Waals surface area contributed by atoms with Crippen LogP contribution < -0.4 is 20.0 Å². The fraction of sp³-hybridized carbons (Fsp3) is 0.378. The monoisotopic (exact) mass is 747 g/mol. The molecule has 1 heterocycles. The second-order valence-electron chi connectivity index (χ2n) is 16.1. The molecule has 3 aliphatic rings. The highest BCUT2D eigenvalue weighted by Crippen LogP contribution is 2.48. The maximum atomic E-state index is 13.1. The first kappa shape index (κ1) is 37.2. The quantitative estimate of drug-likeness (QED) is 0.0535. The number of methoxy groups -OCH3 is 1. The van der Waals surface area contributed by atoms with Crippen molar-refractivity contribution in [1.29, 1.82) is 0 Å². The van der Waals surface area contributed by atoms with Crippen molar-refractivity contribution in [2.24, 2.45) is 11.8 Å². The third kappa shape index (κ3) is 6.88. The summed E-state index contributed by atoms with van der Waals surface area (Å²) in [6.45, 7) is 13.3. The topological polar surface area (TPSA) is 65.1 Å². The Morgan fingerprint density at radius 2 is 1.70 bits per heavy atom. The van der Waals surface area contributed by atoms with Gasteiger partial charge in [-0.2, -0.15) is 0 Å². The van der Waals surface area contributed by atoms with Crippen LogP contribution in [0.2, 0.25) is 10.1 Å². The van der Waals surface area contributed by atoms with Gasteiger partial charge >= 0.3 is 5.97 Å². The van der Waals surface area contributed by atoms with Crippen LogP contribution >= 0.6 is 11.6 Å². The molecule has 8 heteroatoms. The van der Waals surface area contributed by atoms with Gasteiger partial charge in [-0.25, -0.2) is 4.79 Å². The minimum absolute atomic E-state index is 0.163. The Bertz CT molecular complexity index is 1940. The van der Waals surface area contributed by atoms with Crippen LogP contribution in [0, 0.1) is 11.8 Å². The summed E-state index contributed by atoms with van der Waals surface area (Å²) in [7, 11) is -1.60. The van der Waals surface area contributed by atoms with Crippen molar-refractivity contribution >= 4 is 47.7 Å². The van der Waals surface area contributed by atoms with Gasteiger partial charge in [-0.15, -0.1) is 6.58 Å². The van der Waals surface area contributed by atoms with E-state index in [9.17, 15) is 9.59 Å². The van der Waals surface area contributed by atoms with E-state index in [-0.39, 0.29) is 22.5 Å². The molecule has 1 spiro atoms. The molecule has 7 rings (SSSR count). The molecule has 4 atom stereocenters. The normalized spacial score (nSPS) is 21.6. The van der Waals surface area contributed by atoms with Crippen molar-refractivity contribution < 1.29 is 23.5 Å². The zero-order chi connectivity index (χ0) is 37.4. The predicted octanol–water partition coefficient (Wildman–Crippen LogP) is 8.33. The molecule has 1 aliphatic heterocycles. The van der Waals surface area contributed by atoms with Crippen molar-refractivity contribution in [2.45, 2.75) is 69.4 Å². The second-order valence-corrected chi connectivity index (χ2v) is 20.8. The van der Waals surface area contributed by atoms with E-state index in [1.807, 2.05) is 24.3 Å². The molecule has 0 radical (unpaired) electrons. The molecule has 1 saturated carbocycles. The summed E-state index contributed by atoms with van der Waals surface area (Å²) >= 11 is 6.50. The fourth-order valence-electron chi connectivity index (χ4n) is 9.21. The van der Waals surface area contributed by atoms with E-state index in [1.165, 1.54) is 28.6 Å². The molecular formula is C45H50ClNO5Si. The van der Waals surface area contributed by atoms with Crippen LogP contribution in [0.5, 0.6) is 5.75 Å². The highest BCUT2D eigenvalue weighted by atomic mass is 35.5. The molecule has 2 aliphatic carbocycles. The largest absolute Gasteiger partial charge is 0.490 e. The van der Waals surface area contributed by atoms with E-state index >= 15 is 0 Å². The number of esters is 1. The number of nitrogens with zero attached hydrogens (tertiary/aromatic N) is 1. The number of anilines is 1. The van der Waals surface area contributed by atoms with Gasteiger partial charge in [0.15, 0.2) is 0 Å². The van der Waals surface area contributed by atoms with Crippen LogP contribution in [0.25, 0.3) is 0 Å². The summed E-state index contributed by atoms with van der Waals surface area (Å²) in [4.78, 5) is 27.9. The third-order valence-electron chi connectivity index (χ3n) is 12.0. The lowest BCUT2D eigenvalue weighted by atomic mass is 9.68. The lowest BCUT2D eigenvalue weighted by molar-refractivity contribution is -0.135. The van der Waals surface area contributed by atoms with Crippen molar-refractivity contribution in [3.8, 4) is 5.75 Å². The molecule has 6 nitrogen and oxygen atoms in total. The second kappa shape index (κ2) is 14.9. The van der Waals surface area contributed by atoms with Gasteiger partial charge in [-0.05, 0) is 101 Å². The van der Waals surface area contributed by atoms with Crippen LogP contribution in [0.4, 0.5) is 5.69 Å². The number of aryl methyl sites for hydroxylation is 1. The highest BCUT2D eigenvalue weighted by Gasteiger charge is 2.53. The van der Waals surface area contributed by atoms with Crippen LogP contribution in [0.15, 0.2) is 110 Å². The summed E-state index contributed by atoms with van der Waals surface area (Å²) in [6, 6.07) is 33.2. The number of benzene rings is 4. The summed E-state index contributed by atoms with van der Waals surface area (Å²) in [5.74, 6) is -0.292. The molecule has 0 amide bonds. The molecule has 276 valence electrons. The lowest BCUT2D eigenvalue weighted by Crippen LogP contribution is -2.68. The number of ketones is 1. The highest BCUT2D eigenvalue weighted by molar-refractivity contribution is 6.99. The Labute approximate surface area is 320 Å². The number of hydrogen-bond donors (Lipinski definition) is 0. The van der Waals surface area contributed by atoms with Crippen molar-refractivity contribution in [1.82, 2.24) is 0 Å². The van der Waals surface area contributed by atoms with E-state index in [1.54, 1.807) is 6.07 Å². The van der Waals surface area contributed by atoms with Gasteiger partial charge in [0.25, 0.3) is 14.1 Å². The average molecular weight is 748 g/mol. The number of Topliss-reactive ketones (excluding diaryl/α,β-unsaturated/α-hetero) is 1. The molecule has 0 aromatic heterocycles. The van der Waals surface area contributed by atoms with Crippen LogP contribution in [0.3, 0.4) is 0 Å². The first-order chi connectivity index (χ1) is 25.5. The molecule has 0 N–H and O–H groups in total. The van der Waals surface area contributed by atoms with E-state index in [0.717, 1.165) is 49.4 Å². The Morgan fingerprint density at radius 1 is 1.00 bits per heavy atom. The van der Waals surface area contributed by atoms with Gasteiger partial charge in [-0.3, -0.25) is 4.79 Å². The first-order valence-electron chi connectivity index (χ1n) is 18.8. The number of carbonyl (C=O) groups is 2. The summed E-state index contributed by atoms with van der Waals surface area (Å²) in [6.07, 6.45) is 6.93.